The molecular formula is C11H20N2OS. The van der Waals surface area contributed by atoms with Gasteiger partial charge in [0.05, 0.1) is 13.2 Å². The predicted molar refractivity (Wildman–Crippen MR) is 65.5 cm³/mol. The van der Waals surface area contributed by atoms with Crippen molar-refractivity contribution in [1.29, 1.82) is 0 Å². The summed E-state index contributed by atoms with van der Waals surface area (Å²) in [6, 6.07) is 0. The molecule has 0 aromatic carbocycles. The molecule has 1 N–H and O–H groups in total. The van der Waals surface area contributed by atoms with E-state index >= 15 is 0 Å². The Morgan fingerprint density at radius 2 is 2.53 bits per heavy atom. The summed E-state index contributed by atoms with van der Waals surface area (Å²) >= 11 is 1.92. The second-order valence-corrected chi connectivity index (χ2v) is 5.57. The van der Waals surface area contributed by atoms with Crippen LogP contribution in [-0.2, 0) is 4.74 Å². The first-order valence-corrected chi connectivity index (χ1v) is 6.79. The summed E-state index contributed by atoms with van der Waals surface area (Å²) in [6.07, 6.45) is 3.74. The maximum atomic E-state index is 5.35. The molecule has 0 saturated carbocycles. The van der Waals surface area contributed by atoms with Crippen molar-refractivity contribution >= 4 is 16.9 Å². The highest BCUT2D eigenvalue weighted by atomic mass is 32.2. The fourth-order valence-electron chi connectivity index (χ4n) is 1.96. The third-order valence-corrected chi connectivity index (χ3v) is 4.11. The van der Waals surface area contributed by atoms with Crippen LogP contribution in [0.5, 0.6) is 0 Å². The smallest absolute Gasteiger partial charge is 0.156 e. The van der Waals surface area contributed by atoms with E-state index in [0.29, 0.717) is 5.92 Å². The Morgan fingerprint density at radius 1 is 1.60 bits per heavy atom. The molecular weight excluding hydrogens is 208 g/mol. The summed E-state index contributed by atoms with van der Waals surface area (Å²) in [4.78, 5) is 4.52. The number of nitrogens with zero attached hydrogens (tertiary/aromatic N) is 1. The summed E-state index contributed by atoms with van der Waals surface area (Å²) in [7, 11) is 0. The summed E-state index contributed by atoms with van der Waals surface area (Å²) in [5.74, 6) is 0.693. The van der Waals surface area contributed by atoms with E-state index in [1.807, 2.05) is 11.8 Å². The highest BCUT2D eigenvalue weighted by Gasteiger charge is 2.20. The third-order valence-electron chi connectivity index (χ3n) is 2.89. The number of ether oxygens (including phenoxy) is 1. The number of thioether (sulfide) groups is 1. The Balaban J connectivity index is 1.63. The van der Waals surface area contributed by atoms with Crippen molar-refractivity contribution in [3.63, 3.8) is 0 Å². The lowest BCUT2D eigenvalue weighted by atomic mass is 10.1. The van der Waals surface area contributed by atoms with E-state index in [0.717, 1.165) is 36.7 Å². The maximum Gasteiger partial charge on any atom is 0.156 e. The van der Waals surface area contributed by atoms with Crippen LogP contribution in [0, 0.1) is 5.92 Å². The van der Waals surface area contributed by atoms with Crippen molar-refractivity contribution in [3.8, 4) is 0 Å². The molecule has 0 amide bonds. The standard InChI is InChI=1S/C11H20N2OS/c1-2-3-10-7-13-11(15-10)12-6-9-4-5-14-8-9/h9-10H,2-8H2,1H3,(H,12,13). The maximum absolute atomic E-state index is 5.35. The van der Waals surface area contributed by atoms with Gasteiger partial charge >= 0.3 is 0 Å². The zero-order valence-electron chi connectivity index (χ0n) is 9.37. The van der Waals surface area contributed by atoms with Gasteiger partial charge in [0, 0.05) is 24.3 Å². The molecule has 2 aliphatic heterocycles. The summed E-state index contributed by atoms with van der Waals surface area (Å²) in [6.45, 7) is 6.13. The van der Waals surface area contributed by atoms with Gasteiger partial charge < -0.3 is 10.1 Å². The predicted octanol–water partition coefficient (Wildman–Crippen LogP) is 1.88. The zero-order chi connectivity index (χ0) is 10.5. The van der Waals surface area contributed by atoms with E-state index in [1.54, 1.807) is 0 Å². The average molecular weight is 228 g/mol. The van der Waals surface area contributed by atoms with Crippen molar-refractivity contribution < 1.29 is 4.74 Å². The van der Waals surface area contributed by atoms with Crippen LogP contribution in [0.25, 0.3) is 0 Å². The van der Waals surface area contributed by atoms with Crippen LogP contribution in [0.4, 0.5) is 0 Å². The number of aliphatic imine (C=N–C) groups is 1. The molecule has 2 unspecified atom stereocenters. The van der Waals surface area contributed by atoms with Gasteiger partial charge in [-0.3, -0.25) is 4.99 Å². The van der Waals surface area contributed by atoms with Gasteiger partial charge in [-0.05, 0) is 12.8 Å². The van der Waals surface area contributed by atoms with E-state index in [9.17, 15) is 0 Å². The van der Waals surface area contributed by atoms with Crippen molar-refractivity contribution in [3.05, 3.63) is 0 Å². The fraction of sp³-hybridized carbons (Fsp3) is 0.909. The Labute approximate surface area is 96.1 Å². The molecule has 1 saturated heterocycles. The molecule has 15 heavy (non-hydrogen) atoms. The van der Waals surface area contributed by atoms with Crippen molar-refractivity contribution in [2.45, 2.75) is 31.4 Å². The SMILES string of the molecule is CCCC1CN=C(NCC2CCOC2)S1. The molecule has 0 aromatic rings. The molecule has 0 spiro atoms. The summed E-state index contributed by atoms with van der Waals surface area (Å²) in [5.41, 5.74) is 0. The van der Waals surface area contributed by atoms with Gasteiger partial charge in [-0.1, -0.05) is 25.1 Å². The first-order valence-electron chi connectivity index (χ1n) is 5.91. The van der Waals surface area contributed by atoms with Gasteiger partial charge in [0.2, 0.25) is 0 Å². The molecule has 0 aliphatic carbocycles. The van der Waals surface area contributed by atoms with Gasteiger partial charge in [-0.2, -0.15) is 0 Å². The van der Waals surface area contributed by atoms with Crippen molar-refractivity contribution in [2.24, 2.45) is 10.9 Å². The number of nitrogens with one attached hydrogen (secondary N) is 1. The van der Waals surface area contributed by atoms with Gasteiger partial charge in [0.15, 0.2) is 5.17 Å². The molecule has 86 valence electrons. The lowest BCUT2D eigenvalue weighted by Gasteiger charge is -2.10. The highest BCUT2D eigenvalue weighted by Crippen LogP contribution is 2.23. The zero-order valence-corrected chi connectivity index (χ0v) is 10.2. The molecule has 2 aliphatic rings. The minimum absolute atomic E-state index is 0.693. The molecule has 1 fully saturated rings. The monoisotopic (exact) mass is 228 g/mol. The van der Waals surface area contributed by atoms with E-state index in [-0.39, 0.29) is 0 Å². The molecule has 2 heterocycles. The lowest BCUT2D eigenvalue weighted by molar-refractivity contribution is 0.186. The second kappa shape index (κ2) is 5.75. The largest absolute Gasteiger partial charge is 0.381 e. The van der Waals surface area contributed by atoms with Gasteiger partial charge in [0.25, 0.3) is 0 Å². The molecule has 0 aromatic heterocycles. The Bertz CT molecular complexity index is 227. The molecule has 3 nitrogen and oxygen atoms in total. The molecule has 2 atom stereocenters. The van der Waals surface area contributed by atoms with Crippen LogP contribution >= 0.6 is 11.8 Å². The minimum Gasteiger partial charge on any atom is -0.381 e. The number of amidine groups is 1. The topological polar surface area (TPSA) is 33.6 Å². The Kier molecular flexibility index (Phi) is 4.32. The second-order valence-electron chi connectivity index (χ2n) is 4.28. The van der Waals surface area contributed by atoms with Crippen LogP contribution in [0.2, 0.25) is 0 Å². The van der Waals surface area contributed by atoms with Crippen molar-refractivity contribution in [2.75, 3.05) is 26.3 Å². The van der Waals surface area contributed by atoms with Crippen LogP contribution in [0.1, 0.15) is 26.2 Å². The summed E-state index contributed by atoms with van der Waals surface area (Å²) < 4.78 is 5.35. The van der Waals surface area contributed by atoms with Gasteiger partial charge in [-0.25, -0.2) is 0 Å². The minimum atomic E-state index is 0.693. The van der Waals surface area contributed by atoms with Crippen LogP contribution in [0.3, 0.4) is 0 Å². The average Bonchev–Trinajstić information content (AvgIpc) is 2.85. The Morgan fingerprint density at radius 3 is 3.27 bits per heavy atom. The van der Waals surface area contributed by atoms with Crippen LogP contribution in [-0.4, -0.2) is 36.7 Å². The van der Waals surface area contributed by atoms with E-state index in [2.05, 4.69) is 17.2 Å². The third kappa shape index (κ3) is 3.38. The number of hydrogen-bond donors (Lipinski definition) is 1. The van der Waals surface area contributed by atoms with E-state index in [4.69, 9.17) is 4.74 Å². The molecule has 2 rings (SSSR count). The molecule has 4 heteroatoms. The van der Waals surface area contributed by atoms with E-state index < -0.39 is 0 Å². The first kappa shape index (κ1) is 11.3. The fourth-order valence-corrected chi connectivity index (χ4v) is 3.10. The lowest BCUT2D eigenvalue weighted by Crippen LogP contribution is -2.26. The van der Waals surface area contributed by atoms with Gasteiger partial charge in [0.1, 0.15) is 0 Å². The van der Waals surface area contributed by atoms with Crippen LogP contribution in [0.15, 0.2) is 4.99 Å². The normalized spacial score (nSPS) is 30.6. The van der Waals surface area contributed by atoms with Gasteiger partial charge in [-0.15, -0.1) is 0 Å². The van der Waals surface area contributed by atoms with Crippen LogP contribution < -0.4 is 5.32 Å². The molecule has 0 radical (unpaired) electrons. The Hall–Kier alpha value is -0.220. The number of hydrogen-bond acceptors (Lipinski definition) is 4. The summed E-state index contributed by atoms with van der Waals surface area (Å²) in [5, 5.41) is 5.32. The molecule has 0 bridgehead atoms. The quantitative estimate of drug-likeness (QED) is 0.797. The van der Waals surface area contributed by atoms with E-state index in [1.165, 1.54) is 19.3 Å². The van der Waals surface area contributed by atoms with Crippen molar-refractivity contribution in [1.82, 2.24) is 5.32 Å². The first-order chi connectivity index (χ1) is 7.38. The highest BCUT2D eigenvalue weighted by molar-refractivity contribution is 8.14. The number of rotatable bonds is 4.